The van der Waals surface area contributed by atoms with Crippen molar-refractivity contribution in [1.82, 2.24) is 10.2 Å². The molecule has 1 fully saturated rings. The van der Waals surface area contributed by atoms with Crippen LogP contribution in [0.15, 0.2) is 42.5 Å². The molecule has 0 aliphatic carbocycles. The maximum Gasteiger partial charge on any atom is 0.261 e. The summed E-state index contributed by atoms with van der Waals surface area (Å²) in [5.74, 6) is 0.669. The second-order valence-electron chi connectivity index (χ2n) is 7.76. The molecule has 1 saturated heterocycles. The molecular formula is C24H32N2O3. The second kappa shape index (κ2) is 10.4. The minimum absolute atomic E-state index is 0.0785. The third-order valence-electron chi connectivity index (χ3n) is 5.10. The number of aryl methyl sites for hydroxylation is 2. The molecule has 3 rings (SSSR count). The van der Waals surface area contributed by atoms with Gasteiger partial charge in [-0.1, -0.05) is 37.3 Å². The molecule has 2 aromatic carbocycles. The Morgan fingerprint density at radius 3 is 2.48 bits per heavy atom. The predicted octanol–water partition coefficient (Wildman–Crippen LogP) is 3.61. The van der Waals surface area contributed by atoms with Crippen LogP contribution >= 0.6 is 0 Å². The maximum absolute atomic E-state index is 12.7. The number of carbonyl (C=O) groups is 1. The Hall–Kier alpha value is -2.37. The largest absolute Gasteiger partial charge is 0.481 e. The molecule has 29 heavy (non-hydrogen) atoms. The standard InChI is InChI=1S/C24H32N2O3/c1-4-23(29-22-13-18(2)12-19(3)14-22)24(27)25-16-20-6-5-7-21(15-20)17-26-8-10-28-11-9-26/h5-7,12-15,23H,4,8-11,16-17H2,1-3H3,(H,25,27)/t23-/m0/s1. The van der Waals surface area contributed by atoms with Gasteiger partial charge in [-0.15, -0.1) is 0 Å². The second-order valence-corrected chi connectivity index (χ2v) is 7.76. The highest BCUT2D eigenvalue weighted by atomic mass is 16.5. The molecule has 1 aliphatic heterocycles. The number of benzene rings is 2. The van der Waals surface area contributed by atoms with Gasteiger partial charge in [-0.25, -0.2) is 0 Å². The lowest BCUT2D eigenvalue weighted by atomic mass is 10.1. The van der Waals surface area contributed by atoms with Crippen LogP contribution in [-0.4, -0.2) is 43.2 Å². The molecule has 1 atom stereocenters. The van der Waals surface area contributed by atoms with Crippen molar-refractivity contribution in [2.45, 2.75) is 46.4 Å². The van der Waals surface area contributed by atoms with Gasteiger partial charge < -0.3 is 14.8 Å². The van der Waals surface area contributed by atoms with Crippen LogP contribution in [0.2, 0.25) is 0 Å². The Kier molecular flexibility index (Phi) is 7.67. The quantitative estimate of drug-likeness (QED) is 0.741. The summed E-state index contributed by atoms with van der Waals surface area (Å²) in [7, 11) is 0. The highest BCUT2D eigenvalue weighted by Gasteiger charge is 2.18. The monoisotopic (exact) mass is 396 g/mol. The Balaban J connectivity index is 1.55. The van der Waals surface area contributed by atoms with Gasteiger partial charge in [-0.05, 0) is 54.7 Å². The molecule has 0 aromatic heterocycles. The van der Waals surface area contributed by atoms with Crippen LogP contribution in [0, 0.1) is 13.8 Å². The van der Waals surface area contributed by atoms with Crippen LogP contribution in [-0.2, 0) is 22.6 Å². The predicted molar refractivity (Wildman–Crippen MR) is 115 cm³/mol. The van der Waals surface area contributed by atoms with Crippen LogP contribution in [0.25, 0.3) is 0 Å². The summed E-state index contributed by atoms with van der Waals surface area (Å²) >= 11 is 0. The first-order chi connectivity index (χ1) is 14.0. The average molecular weight is 397 g/mol. The molecule has 0 saturated carbocycles. The average Bonchev–Trinajstić information content (AvgIpc) is 2.70. The van der Waals surface area contributed by atoms with E-state index in [0.29, 0.717) is 13.0 Å². The van der Waals surface area contributed by atoms with Crippen LogP contribution in [0.4, 0.5) is 0 Å². The van der Waals surface area contributed by atoms with Gasteiger partial charge in [-0.2, -0.15) is 0 Å². The number of ether oxygens (including phenoxy) is 2. The van der Waals surface area contributed by atoms with Crippen molar-refractivity contribution in [1.29, 1.82) is 0 Å². The maximum atomic E-state index is 12.7. The summed E-state index contributed by atoms with van der Waals surface area (Å²) in [6, 6.07) is 14.4. The first-order valence-electron chi connectivity index (χ1n) is 10.4. The lowest BCUT2D eigenvalue weighted by Crippen LogP contribution is -2.37. The first kappa shape index (κ1) is 21.3. The van der Waals surface area contributed by atoms with Crippen molar-refractivity contribution in [2.24, 2.45) is 0 Å². The lowest BCUT2D eigenvalue weighted by molar-refractivity contribution is -0.128. The molecule has 0 unspecified atom stereocenters. The van der Waals surface area contributed by atoms with E-state index in [1.54, 1.807) is 0 Å². The van der Waals surface area contributed by atoms with Crippen molar-refractivity contribution in [2.75, 3.05) is 26.3 Å². The number of morpholine rings is 1. The summed E-state index contributed by atoms with van der Waals surface area (Å²) in [6.45, 7) is 11.0. The molecule has 1 heterocycles. The first-order valence-corrected chi connectivity index (χ1v) is 10.4. The third kappa shape index (κ3) is 6.58. The molecule has 2 aromatic rings. The number of nitrogens with zero attached hydrogens (tertiary/aromatic N) is 1. The smallest absolute Gasteiger partial charge is 0.261 e. The minimum atomic E-state index is -0.493. The molecule has 5 nitrogen and oxygen atoms in total. The number of nitrogens with one attached hydrogen (secondary N) is 1. The van der Waals surface area contributed by atoms with E-state index >= 15 is 0 Å². The number of hydrogen-bond acceptors (Lipinski definition) is 4. The summed E-state index contributed by atoms with van der Waals surface area (Å²) in [6.07, 6.45) is 0.128. The fourth-order valence-corrected chi connectivity index (χ4v) is 3.65. The Labute approximate surface area is 174 Å². The SMILES string of the molecule is CC[C@H](Oc1cc(C)cc(C)c1)C(=O)NCc1cccc(CN2CCOCC2)c1. The molecule has 1 aliphatic rings. The van der Waals surface area contributed by atoms with Crippen LogP contribution in [0.1, 0.15) is 35.6 Å². The van der Waals surface area contributed by atoms with Crippen LogP contribution < -0.4 is 10.1 Å². The molecule has 156 valence electrons. The van der Waals surface area contributed by atoms with Gasteiger partial charge in [0, 0.05) is 26.2 Å². The van der Waals surface area contributed by atoms with Crippen molar-refractivity contribution >= 4 is 5.91 Å². The molecule has 0 bridgehead atoms. The van der Waals surface area contributed by atoms with E-state index in [2.05, 4.69) is 40.5 Å². The van der Waals surface area contributed by atoms with E-state index in [0.717, 1.165) is 55.3 Å². The van der Waals surface area contributed by atoms with Crippen molar-refractivity contribution < 1.29 is 14.3 Å². The number of amides is 1. The van der Waals surface area contributed by atoms with Gasteiger partial charge in [0.25, 0.3) is 5.91 Å². The van der Waals surface area contributed by atoms with Gasteiger partial charge in [0.1, 0.15) is 5.75 Å². The van der Waals surface area contributed by atoms with E-state index in [-0.39, 0.29) is 5.91 Å². The van der Waals surface area contributed by atoms with Crippen LogP contribution in [0.3, 0.4) is 0 Å². The van der Waals surface area contributed by atoms with E-state index in [1.165, 1.54) is 5.56 Å². The number of rotatable bonds is 8. The zero-order chi connectivity index (χ0) is 20.6. The van der Waals surface area contributed by atoms with Gasteiger partial charge in [0.15, 0.2) is 6.10 Å². The van der Waals surface area contributed by atoms with E-state index in [4.69, 9.17) is 9.47 Å². The number of carbonyl (C=O) groups excluding carboxylic acids is 1. The van der Waals surface area contributed by atoms with E-state index in [1.807, 2.05) is 32.9 Å². The van der Waals surface area contributed by atoms with Crippen molar-refractivity contribution in [3.05, 3.63) is 64.7 Å². The van der Waals surface area contributed by atoms with Crippen molar-refractivity contribution in [3.8, 4) is 5.75 Å². The van der Waals surface area contributed by atoms with Crippen molar-refractivity contribution in [3.63, 3.8) is 0 Å². The van der Waals surface area contributed by atoms with Gasteiger partial charge in [0.05, 0.1) is 13.2 Å². The zero-order valence-corrected chi connectivity index (χ0v) is 17.7. The summed E-state index contributed by atoms with van der Waals surface area (Å²) < 4.78 is 11.4. The van der Waals surface area contributed by atoms with Gasteiger partial charge in [0.2, 0.25) is 0 Å². The highest BCUT2D eigenvalue weighted by Crippen LogP contribution is 2.18. The number of hydrogen-bond donors (Lipinski definition) is 1. The summed E-state index contributed by atoms with van der Waals surface area (Å²) in [5, 5.41) is 3.03. The zero-order valence-electron chi connectivity index (χ0n) is 17.7. The van der Waals surface area contributed by atoms with E-state index in [9.17, 15) is 4.79 Å². The molecule has 5 heteroatoms. The molecular weight excluding hydrogens is 364 g/mol. The molecule has 0 spiro atoms. The Bertz CT molecular complexity index is 795. The molecule has 1 amide bonds. The van der Waals surface area contributed by atoms with Crippen LogP contribution in [0.5, 0.6) is 5.75 Å². The minimum Gasteiger partial charge on any atom is -0.481 e. The summed E-state index contributed by atoms with van der Waals surface area (Å²) in [5.41, 5.74) is 4.63. The molecule has 0 radical (unpaired) electrons. The lowest BCUT2D eigenvalue weighted by Gasteiger charge is -2.26. The highest BCUT2D eigenvalue weighted by molar-refractivity contribution is 5.81. The normalized spacial score (nSPS) is 15.7. The topological polar surface area (TPSA) is 50.8 Å². The Morgan fingerprint density at radius 2 is 1.79 bits per heavy atom. The third-order valence-corrected chi connectivity index (χ3v) is 5.10. The molecule has 1 N–H and O–H groups in total. The van der Waals surface area contributed by atoms with Gasteiger partial charge >= 0.3 is 0 Å². The van der Waals surface area contributed by atoms with E-state index < -0.39 is 6.10 Å². The fraction of sp³-hybridized carbons (Fsp3) is 0.458. The van der Waals surface area contributed by atoms with Gasteiger partial charge in [-0.3, -0.25) is 9.69 Å². The Morgan fingerprint density at radius 1 is 1.10 bits per heavy atom. The fourth-order valence-electron chi connectivity index (χ4n) is 3.65. The summed E-state index contributed by atoms with van der Waals surface area (Å²) in [4.78, 5) is 15.1.